The first-order valence-electron chi connectivity index (χ1n) is 5.60. The zero-order valence-electron chi connectivity index (χ0n) is 10.3. The highest BCUT2D eigenvalue weighted by Gasteiger charge is 2.09. The number of ether oxygens (including phenoxy) is 1. The Labute approximate surface area is 119 Å². The first-order chi connectivity index (χ1) is 9.10. The molecular formula is C14H13BrN2O2. The van der Waals surface area contributed by atoms with E-state index in [2.05, 4.69) is 21.2 Å². The van der Waals surface area contributed by atoms with Gasteiger partial charge in [0.1, 0.15) is 5.75 Å². The van der Waals surface area contributed by atoms with Crippen LogP contribution < -0.4 is 15.8 Å². The molecule has 0 aliphatic carbocycles. The van der Waals surface area contributed by atoms with Gasteiger partial charge in [0.15, 0.2) is 0 Å². The summed E-state index contributed by atoms with van der Waals surface area (Å²) in [6.07, 6.45) is 0. The van der Waals surface area contributed by atoms with Crippen LogP contribution in [0.2, 0.25) is 0 Å². The van der Waals surface area contributed by atoms with Crippen LogP contribution in [0.4, 0.5) is 11.4 Å². The summed E-state index contributed by atoms with van der Waals surface area (Å²) in [5.41, 5.74) is 7.40. The number of rotatable bonds is 3. The van der Waals surface area contributed by atoms with Gasteiger partial charge < -0.3 is 15.8 Å². The quantitative estimate of drug-likeness (QED) is 0.853. The van der Waals surface area contributed by atoms with Crippen molar-refractivity contribution in [3.8, 4) is 5.75 Å². The molecule has 0 spiro atoms. The van der Waals surface area contributed by atoms with Gasteiger partial charge in [-0.05, 0) is 36.4 Å². The first-order valence-corrected chi connectivity index (χ1v) is 6.40. The van der Waals surface area contributed by atoms with Crippen LogP contribution in [0.3, 0.4) is 0 Å². The summed E-state index contributed by atoms with van der Waals surface area (Å²) in [5, 5.41) is 2.79. The smallest absolute Gasteiger partial charge is 0.255 e. The average molecular weight is 321 g/mol. The number of carbonyl (C=O) groups is 1. The Bertz CT molecular complexity index is 597. The third-order valence-electron chi connectivity index (χ3n) is 2.58. The Kier molecular flexibility index (Phi) is 4.06. The van der Waals surface area contributed by atoms with Gasteiger partial charge in [-0.15, -0.1) is 0 Å². The first kappa shape index (κ1) is 13.4. The molecule has 19 heavy (non-hydrogen) atoms. The SMILES string of the molecule is COc1cc(N)ccc1NC(=O)c1ccc(Br)cc1. The van der Waals surface area contributed by atoms with Gasteiger partial charge in [0.25, 0.3) is 5.91 Å². The van der Waals surface area contributed by atoms with Crippen molar-refractivity contribution in [2.24, 2.45) is 0 Å². The van der Waals surface area contributed by atoms with Crippen molar-refractivity contribution < 1.29 is 9.53 Å². The van der Waals surface area contributed by atoms with Crippen molar-refractivity contribution >= 4 is 33.2 Å². The monoisotopic (exact) mass is 320 g/mol. The fourth-order valence-electron chi connectivity index (χ4n) is 1.61. The molecule has 0 aliphatic rings. The van der Waals surface area contributed by atoms with E-state index in [0.717, 1.165) is 4.47 Å². The molecule has 1 amide bonds. The van der Waals surface area contributed by atoms with Crippen LogP contribution in [0.15, 0.2) is 46.9 Å². The second-order valence-electron chi connectivity index (χ2n) is 3.92. The number of hydrogen-bond donors (Lipinski definition) is 2. The molecule has 5 heteroatoms. The van der Waals surface area contributed by atoms with E-state index in [0.29, 0.717) is 22.7 Å². The fraction of sp³-hybridized carbons (Fsp3) is 0.0714. The number of benzene rings is 2. The number of nitrogens with two attached hydrogens (primary N) is 1. The fourth-order valence-corrected chi connectivity index (χ4v) is 1.87. The number of amides is 1. The van der Waals surface area contributed by atoms with Gasteiger partial charge in [0.2, 0.25) is 0 Å². The molecule has 2 aromatic rings. The van der Waals surface area contributed by atoms with Crippen LogP contribution in [-0.2, 0) is 0 Å². The number of hydrogen-bond acceptors (Lipinski definition) is 3. The summed E-state index contributed by atoms with van der Waals surface area (Å²) in [5.74, 6) is 0.334. The highest BCUT2D eigenvalue weighted by atomic mass is 79.9. The molecule has 0 saturated heterocycles. The van der Waals surface area contributed by atoms with Crippen molar-refractivity contribution in [2.45, 2.75) is 0 Å². The minimum Gasteiger partial charge on any atom is -0.494 e. The summed E-state index contributed by atoms with van der Waals surface area (Å²) in [6, 6.07) is 12.2. The van der Waals surface area contributed by atoms with Crippen LogP contribution in [-0.4, -0.2) is 13.0 Å². The minimum absolute atomic E-state index is 0.199. The largest absolute Gasteiger partial charge is 0.494 e. The predicted molar refractivity (Wildman–Crippen MR) is 79.5 cm³/mol. The van der Waals surface area contributed by atoms with E-state index in [4.69, 9.17) is 10.5 Å². The second-order valence-corrected chi connectivity index (χ2v) is 4.84. The summed E-state index contributed by atoms with van der Waals surface area (Å²) in [7, 11) is 1.53. The van der Waals surface area contributed by atoms with E-state index in [1.54, 1.807) is 30.3 Å². The molecule has 98 valence electrons. The van der Waals surface area contributed by atoms with Gasteiger partial charge in [-0.3, -0.25) is 4.79 Å². The molecule has 2 rings (SSSR count). The molecule has 3 N–H and O–H groups in total. The van der Waals surface area contributed by atoms with Gasteiger partial charge in [-0.25, -0.2) is 0 Å². The maximum atomic E-state index is 12.1. The third-order valence-corrected chi connectivity index (χ3v) is 3.11. The topological polar surface area (TPSA) is 64.3 Å². The highest BCUT2D eigenvalue weighted by Crippen LogP contribution is 2.27. The Hall–Kier alpha value is -2.01. The molecule has 0 saturated carbocycles. The molecule has 0 bridgehead atoms. The van der Waals surface area contributed by atoms with E-state index in [1.165, 1.54) is 7.11 Å². The van der Waals surface area contributed by atoms with Crippen LogP contribution in [0.5, 0.6) is 5.75 Å². The molecule has 0 heterocycles. The lowest BCUT2D eigenvalue weighted by atomic mass is 10.2. The van der Waals surface area contributed by atoms with E-state index in [9.17, 15) is 4.79 Å². The molecule has 0 fully saturated rings. The summed E-state index contributed by atoms with van der Waals surface area (Å²) in [6.45, 7) is 0. The Morgan fingerprint density at radius 1 is 1.21 bits per heavy atom. The second kappa shape index (κ2) is 5.75. The summed E-state index contributed by atoms with van der Waals surface area (Å²) >= 11 is 3.33. The van der Waals surface area contributed by atoms with Crippen molar-refractivity contribution in [3.05, 3.63) is 52.5 Å². The average Bonchev–Trinajstić information content (AvgIpc) is 2.41. The van der Waals surface area contributed by atoms with Crippen LogP contribution in [0.1, 0.15) is 10.4 Å². The highest BCUT2D eigenvalue weighted by molar-refractivity contribution is 9.10. The number of methoxy groups -OCH3 is 1. The predicted octanol–water partition coefficient (Wildman–Crippen LogP) is 3.29. The summed E-state index contributed by atoms with van der Waals surface area (Å²) in [4.78, 5) is 12.1. The molecule has 0 atom stereocenters. The van der Waals surface area contributed by atoms with Crippen molar-refractivity contribution in [2.75, 3.05) is 18.2 Å². The maximum Gasteiger partial charge on any atom is 0.255 e. The zero-order chi connectivity index (χ0) is 13.8. The number of carbonyl (C=O) groups excluding carboxylic acids is 1. The van der Waals surface area contributed by atoms with Crippen molar-refractivity contribution in [1.82, 2.24) is 0 Å². The minimum atomic E-state index is -0.199. The van der Waals surface area contributed by atoms with E-state index >= 15 is 0 Å². The standard InChI is InChI=1S/C14H13BrN2O2/c1-19-13-8-11(16)6-7-12(13)17-14(18)9-2-4-10(15)5-3-9/h2-8H,16H2,1H3,(H,17,18). The molecule has 0 aliphatic heterocycles. The van der Waals surface area contributed by atoms with Gasteiger partial charge in [-0.2, -0.15) is 0 Å². The van der Waals surface area contributed by atoms with E-state index < -0.39 is 0 Å². The molecule has 4 nitrogen and oxygen atoms in total. The Balaban J connectivity index is 2.21. The normalized spacial score (nSPS) is 10.0. The van der Waals surface area contributed by atoms with E-state index in [-0.39, 0.29) is 5.91 Å². The lowest BCUT2D eigenvalue weighted by Gasteiger charge is -2.10. The molecule has 0 aromatic heterocycles. The summed E-state index contributed by atoms with van der Waals surface area (Å²) < 4.78 is 6.10. The maximum absolute atomic E-state index is 12.1. The number of anilines is 2. The van der Waals surface area contributed by atoms with Crippen LogP contribution in [0, 0.1) is 0 Å². The number of halogens is 1. The Morgan fingerprint density at radius 2 is 1.89 bits per heavy atom. The molecule has 0 unspecified atom stereocenters. The lowest BCUT2D eigenvalue weighted by molar-refractivity contribution is 0.102. The molecular weight excluding hydrogens is 308 g/mol. The molecule has 2 aromatic carbocycles. The van der Waals surface area contributed by atoms with Gasteiger partial charge in [-0.1, -0.05) is 15.9 Å². The van der Waals surface area contributed by atoms with Crippen LogP contribution >= 0.6 is 15.9 Å². The van der Waals surface area contributed by atoms with E-state index in [1.807, 2.05) is 12.1 Å². The zero-order valence-corrected chi connectivity index (χ0v) is 11.9. The van der Waals surface area contributed by atoms with Crippen molar-refractivity contribution in [1.29, 1.82) is 0 Å². The molecule has 0 radical (unpaired) electrons. The van der Waals surface area contributed by atoms with Crippen molar-refractivity contribution in [3.63, 3.8) is 0 Å². The van der Waals surface area contributed by atoms with Gasteiger partial charge in [0, 0.05) is 21.8 Å². The lowest BCUT2D eigenvalue weighted by Crippen LogP contribution is -2.12. The number of nitrogen functional groups attached to an aromatic ring is 1. The number of nitrogens with one attached hydrogen (secondary N) is 1. The van der Waals surface area contributed by atoms with Gasteiger partial charge >= 0.3 is 0 Å². The third kappa shape index (κ3) is 3.26. The van der Waals surface area contributed by atoms with Gasteiger partial charge in [0.05, 0.1) is 12.8 Å². The van der Waals surface area contributed by atoms with Crippen LogP contribution in [0.25, 0.3) is 0 Å². The Morgan fingerprint density at radius 3 is 2.53 bits per heavy atom.